The summed E-state index contributed by atoms with van der Waals surface area (Å²) in [4.78, 5) is 27.8. The largest absolute Gasteiger partial charge is 0.462 e. The highest BCUT2D eigenvalue weighted by molar-refractivity contribution is 6.07. The molecule has 6 nitrogen and oxygen atoms in total. The van der Waals surface area contributed by atoms with Crippen molar-refractivity contribution in [3.05, 3.63) is 33.4 Å². The zero-order chi connectivity index (χ0) is 17.5. The standard InChI is InChI=1S/C18H20N2O4/c1-5-24-17(22)13-11(2)19-15-14(13)12(8-20(4)16(15)21)6-7-18(3)9-23-10-18/h8,19H,5,9-10H2,1-4H3. The molecule has 0 aliphatic carbocycles. The first-order valence-electron chi connectivity index (χ1n) is 7.86. The summed E-state index contributed by atoms with van der Waals surface area (Å²) in [6, 6.07) is 0. The van der Waals surface area contributed by atoms with Gasteiger partial charge in [0.1, 0.15) is 5.52 Å². The number of hydrogen-bond acceptors (Lipinski definition) is 4. The Morgan fingerprint density at radius 2 is 2.21 bits per heavy atom. The number of esters is 1. The van der Waals surface area contributed by atoms with Gasteiger partial charge < -0.3 is 19.0 Å². The number of fused-ring (bicyclic) bond motifs is 1. The number of aromatic amines is 1. The van der Waals surface area contributed by atoms with Crippen LogP contribution >= 0.6 is 0 Å². The van der Waals surface area contributed by atoms with E-state index in [1.54, 1.807) is 27.1 Å². The molecule has 0 spiro atoms. The summed E-state index contributed by atoms with van der Waals surface area (Å²) < 4.78 is 11.8. The topological polar surface area (TPSA) is 73.3 Å². The van der Waals surface area contributed by atoms with E-state index in [1.165, 1.54) is 4.57 Å². The molecular formula is C18H20N2O4. The fraction of sp³-hybridized carbons (Fsp3) is 0.444. The van der Waals surface area contributed by atoms with E-state index in [2.05, 4.69) is 16.8 Å². The quantitative estimate of drug-likeness (QED) is 0.673. The number of rotatable bonds is 2. The number of H-pyrrole nitrogens is 1. The van der Waals surface area contributed by atoms with Crippen LogP contribution < -0.4 is 5.56 Å². The number of aromatic nitrogens is 2. The minimum Gasteiger partial charge on any atom is -0.462 e. The Balaban J connectivity index is 2.26. The monoisotopic (exact) mass is 328 g/mol. The second-order valence-corrected chi connectivity index (χ2v) is 6.36. The predicted octanol–water partition coefficient (Wildman–Crippen LogP) is 1.74. The maximum Gasteiger partial charge on any atom is 0.340 e. The summed E-state index contributed by atoms with van der Waals surface area (Å²) in [5, 5.41) is 0.533. The average molecular weight is 328 g/mol. The molecule has 1 saturated heterocycles. The van der Waals surface area contributed by atoms with Crippen molar-refractivity contribution in [3.8, 4) is 11.8 Å². The highest BCUT2D eigenvalue weighted by atomic mass is 16.5. The minimum absolute atomic E-state index is 0.184. The maximum absolute atomic E-state index is 12.4. The molecule has 0 unspecified atom stereocenters. The molecule has 3 rings (SSSR count). The van der Waals surface area contributed by atoms with Gasteiger partial charge in [-0.25, -0.2) is 4.79 Å². The van der Waals surface area contributed by atoms with Crippen LogP contribution in [-0.4, -0.2) is 35.3 Å². The molecule has 2 aromatic heterocycles. The number of aryl methyl sites for hydroxylation is 2. The van der Waals surface area contributed by atoms with Crippen molar-refractivity contribution >= 4 is 16.9 Å². The van der Waals surface area contributed by atoms with Gasteiger partial charge in [-0.05, 0) is 20.8 Å². The molecule has 1 N–H and O–H groups in total. The Morgan fingerprint density at radius 1 is 1.50 bits per heavy atom. The molecule has 3 heterocycles. The average Bonchev–Trinajstić information content (AvgIpc) is 2.85. The summed E-state index contributed by atoms with van der Waals surface area (Å²) in [5.74, 6) is 5.88. The van der Waals surface area contributed by atoms with Gasteiger partial charge in [0.15, 0.2) is 0 Å². The number of hydrogen-bond donors (Lipinski definition) is 1. The Bertz CT molecular complexity index is 936. The molecule has 0 amide bonds. The normalized spacial score (nSPS) is 15.5. The van der Waals surface area contributed by atoms with Crippen molar-refractivity contribution in [1.82, 2.24) is 9.55 Å². The third-order valence-corrected chi connectivity index (χ3v) is 4.13. The van der Waals surface area contributed by atoms with Crippen molar-refractivity contribution < 1.29 is 14.3 Å². The predicted molar refractivity (Wildman–Crippen MR) is 90.0 cm³/mol. The van der Waals surface area contributed by atoms with E-state index in [9.17, 15) is 9.59 Å². The number of pyridine rings is 1. The van der Waals surface area contributed by atoms with E-state index in [1.807, 2.05) is 6.92 Å². The van der Waals surface area contributed by atoms with Gasteiger partial charge in [0, 0.05) is 24.3 Å². The first kappa shape index (κ1) is 16.3. The molecule has 1 fully saturated rings. The first-order valence-corrected chi connectivity index (χ1v) is 7.86. The third kappa shape index (κ3) is 2.61. The molecule has 2 aromatic rings. The lowest BCUT2D eigenvalue weighted by atomic mass is 9.89. The summed E-state index contributed by atoms with van der Waals surface area (Å²) in [6.07, 6.45) is 1.66. The van der Waals surface area contributed by atoms with Gasteiger partial charge in [-0.15, -0.1) is 0 Å². The van der Waals surface area contributed by atoms with E-state index in [0.717, 1.165) is 0 Å². The van der Waals surface area contributed by atoms with Crippen LogP contribution in [0.25, 0.3) is 10.9 Å². The lowest BCUT2D eigenvalue weighted by Gasteiger charge is -2.32. The Kier molecular flexibility index (Phi) is 3.98. The fourth-order valence-electron chi connectivity index (χ4n) is 2.80. The van der Waals surface area contributed by atoms with Crippen LogP contribution in [0.1, 0.15) is 35.5 Å². The lowest BCUT2D eigenvalue weighted by molar-refractivity contribution is -0.0648. The first-order chi connectivity index (χ1) is 11.4. The molecular weight excluding hydrogens is 308 g/mol. The van der Waals surface area contributed by atoms with E-state index in [-0.39, 0.29) is 17.6 Å². The van der Waals surface area contributed by atoms with Gasteiger partial charge in [0.25, 0.3) is 5.56 Å². The summed E-state index contributed by atoms with van der Waals surface area (Å²) in [6.45, 7) is 6.98. The fourth-order valence-corrected chi connectivity index (χ4v) is 2.80. The van der Waals surface area contributed by atoms with Gasteiger partial charge in [-0.2, -0.15) is 0 Å². The minimum atomic E-state index is -0.448. The Labute approximate surface area is 139 Å². The molecule has 0 atom stereocenters. The maximum atomic E-state index is 12.4. The summed E-state index contributed by atoms with van der Waals surface area (Å²) in [5.41, 5.74) is 1.60. The smallest absolute Gasteiger partial charge is 0.340 e. The number of carbonyl (C=O) groups is 1. The zero-order valence-corrected chi connectivity index (χ0v) is 14.3. The highest BCUT2D eigenvalue weighted by Crippen LogP contribution is 2.27. The van der Waals surface area contributed by atoms with Crippen LogP contribution in [0.5, 0.6) is 0 Å². The van der Waals surface area contributed by atoms with Crippen LogP contribution in [0.3, 0.4) is 0 Å². The highest BCUT2D eigenvalue weighted by Gasteiger charge is 2.31. The van der Waals surface area contributed by atoms with Crippen LogP contribution in [0.15, 0.2) is 11.0 Å². The van der Waals surface area contributed by atoms with Gasteiger partial charge in [0.05, 0.1) is 36.4 Å². The number of carbonyl (C=O) groups excluding carboxylic acids is 1. The molecule has 6 heteroatoms. The van der Waals surface area contributed by atoms with Gasteiger partial charge >= 0.3 is 5.97 Å². The third-order valence-electron chi connectivity index (χ3n) is 4.13. The molecule has 0 aromatic carbocycles. The van der Waals surface area contributed by atoms with Crippen molar-refractivity contribution in [2.45, 2.75) is 20.8 Å². The van der Waals surface area contributed by atoms with Gasteiger partial charge in [-0.1, -0.05) is 11.8 Å². The number of ether oxygens (including phenoxy) is 2. The molecule has 0 radical (unpaired) electrons. The second kappa shape index (κ2) is 5.84. The second-order valence-electron chi connectivity index (χ2n) is 6.36. The van der Waals surface area contributed by atoms with Gasteiger partial charge in [0.2, 0.25) is 0 Å². The van der Waals surface area contributed by atoms with E-state index in [0.29, 0.717) is 40.9 Å². The molecule has 126 valence electrons. The SMILES string of the molecule is CCOC(=O)c1c(C)[nH]c2c(=O)n(C)cc(C#CC3(C)COC3)c12. The summed E-state index contributed by atoms with van der Waals surface area (Å²) >= 11 is 0. The number of nitrogens with one attached hydrogen (secondary N) is 1. The molecule has 1 aliphatic heterocycles. The van der Waals surface area contributed by atoms with E-state index < -0.39 is 5.97 Å². The summed E-state index contributed by atoms with van der Waals surface area (Å²) in [7, 11) is 1.67. The Hall–Kier alpha value is -2.52. The van der Waals surface area contributed by atoms with E-state index in [4.69, 9.17) is 9.47 Å². The van der Waals surface area contributed by atoms with Crippen molar-refractivity contribution in [2.24, 2.45) is 12.5 Å². The van der Waals surface area contributed by atoms with Crippen LogP contribution in [-0.2, 0) is 16.5 Å². The molecule has 0 bridgehead atoms. The molecule has 0 saturated carbocycles. The zero-order valence-electron chi connectivity index (χ0n) is 14.3. The van der Waals surface area contributed by atoms with Crippen molar-refractivity contribution in [2.75, 3.05) is 19.8 Å². The van der Waals surface area contributed by atoms with Crippen LogP contribution in [0.2, 0.25) is 0 Å². The van der Waals surface area contributed by atoms with Crippen LogP contribution in [0, 0.1) is 24.2 Å². The van der Waals surface area contributed by atoms with Gasteiger partial charge in [-0.3, -0.25) is 4.79 Å². The van der Waals surface area contributed by atoms with Crippen LogP contribution in [0.4, 0.5) is 0 Å². The lowest BCUT2D eigenvalue weighted by Crippen LogP contribution is -2.38. The number of nitrogens with zero attached hydrogens (tertiary/aromatic N) is 1. The Morgan fingerprint density at radius 3 is 2.79 bits per heavy atom. The molecule has 1 aliphatic rings. The van der Waals surface area contributed by atoms with Crippen molar-refractivity contribution in [1.29, 1.82) is 0 Å². The van der Waals surface area contributed by atoms with E-state index >= 15 is 0 Å². The molecule has 24 heavy (non-hydrogen) atoms. The van der Waals surface area contributed by atoms with Crippen molar-refractivity contribution in [3.63, 3.8) is 0 Å².